The number of hydrogen-bond donors (Lipinski definition) is 1. The van der Waals surface area contributed by atoms with Gasteiger partial charge in [-0.2, -0.15) is 4.98 Å². The number of hydrogen-bond acceptors (Lipinski definition) is 6. The van der Waals surface area contributed by atoms with Crippen LogP contribution in [0.25, 0.3) is 5.69 Å². The second-order valence-electron chi connectivity index (χ2n) is 6.62. The largest absolute Gasteiger partial charge is 0.354 e. The van der Waals surface area contributed by atoms with Gasteiger partial charge in [0.2, 0.25) is 5.95 Å². The zero-order valence-electron chi connectivity index (χ0n) is 15.1. The third-order valence-electron chi connectivity index (χ3n) is 4.54. The van der Waals surface area contributed by atoms with Gasteiger partial charge in [0.05, 0.1) is 5.69 Å². The summed E-state index contributed by atoms with van der Waals surface area (Å²) in [4.78, 5) is 13.7. The van der Waals surface area contributed by atoms with Crippen LogP contribution in [0.1, 0.15) is 5.69 Å². The van der Waals surface area contributed by atoms with Crippen LogP contribution in [0.3, 0.4) is 0 Å². The molecule has 0 atom stereocenters. The number of para-hydroxylation sites is 1. The molecule has 3 heterocycles. The van der Waals surface area contributed by atoms with Crippen molar-refractivity contribution in [3.63, 3.8) is 0 Å². The van der Waals surface area contributed by atoms with Gasteiger partial charge in [-0.3, -0.25) is 0 Å². The molecule has 26 heavy (non-hydrogen) atoms. The van der Waals surface area contributed by atoms with Crippen molar-refractivity contribution < 1.29 is 0 Å². The average molecular weight is 349 g/mol. The molecule has 0 amide bonds. The molecule has 1 saturated heterocycles. The Morgan fingerprint density at radius 3 is 2.54 bits per heavy atom. The van der Waals surface area contributed by atoms with Gasteiger partial charge < -0.3 is 15.1 Å². The Morgan fingerprint density at radius 2 is 1.77 bits per heavy atom. The molecule has 0 unspecified atom stereocenters. The van der Waals surface area contributed by atoms with E-state index >= 15 is 0 Å². The minimum Gasteiger partial charge on any atom is -0.354 e. The molecule has 7 nitrogen and oxygen atoms in total. The lowest BCUT2D eigenvalue weighted by Gasteiger charge is -2.33. The van der Waals surface area contributed by atoms with E-state index in [4.69, 9.17) is 4.98 Å². The fourth-order valence-electron chi connectivity index (χ4n) is 3.08. The van der Waals surface area contributed by atoms with E-state index in [9.17, 15) is 0 Å². The fraction of sp³-hybridized carbons (Fsp3) is 0.316. The number of nitrogens with one attached hydrogen (secondary N) is 1. The summed E-state index contributed by atoms with van der Waals surface area (Å²) in [6.07, 6.45) is 1.72. The maximum absolute atomic E-state index is 4.70. The van der Waals surface area contributed by atoms with Crippen LogP contribution in [0.4, 0.5) is 17.5 Å². The van der Waals surface area contributed by atoms with Gasteiger partial charge in [0.25, 0.3) is 0 Å². The SMILES string of the molecule is Cc1cc(Nc2ncn(-c3ccccc3)n2)cc(N2CCN(C)CC2)n1. The number of piperazine rings is 1. The van der Waals surface area contributed by atoms with Crippen LogP contribution in [-0.4, -0.2) is 57.9 Å². The Morgan fingerprint density at radius 1 is 1.00 bits per heavy atom. The van der Waals surface area contributed by atoms with E-state index in [0.29, 0.717) is 5.95 Å². The molecule has 0 spiro atoms. The van der Waals surface area contributed by atoms with E-state index < -0.39 is 0 Å². The maximum Gasteiger partial charge on any atom is 0.246 e. The first-order valence-electron chi connectivity index (χ1n) is 8.84. The van der Waals surface area contributed by atoms with Crippen molar-refractivity contribution in [2.45, 2.75) is 6.92 Å². The highest BCUT2D eigenvalue weighted by Gasteiger charge is 2.16. The van der Waals surface area contributed by atoms with Gasteiger partial charge in [-0.05, 0) is 32.2 Å². The number of benzene rings is 1. The van der Waals surface area contributed by atoms with Crippen molar-refractivity contribution in [1.82, 2.24) is 24.6 Å². The molecule has 134 valence electrons. The number of rotatable bonds is 4. The summed E-state index contributed by atoms with van der Waals surface area (Å²) in [6, 6.07) is 14.0. The molecule has 7 heteroatoms. The van der Waals surface area contributed by atoms with Gasteiger partial charge in [0.15, 0.2) is 0 Å². The van der Waals surface area contributed by atoms with Crippen molar-refractivity contribution >= 4 is 17.5 Å². The van der Waals surface area contributed by atoms with Crippen LogP contribution in [-0.2, 0) is 0 Å². The Bertz CT molecular complexity index is 867. The van der Waals surface area contributed by atoms with Crippen LogP contribution < -0.4 is 10.2 Å². The normalized spacial score (nSPS) is 15.2. The fourth-order valence-corrected chi connectivity index (χ4v) is 3.08. The highest BCUT2D eigenvalue weighted by Crippen LogP contribution is 2.22. The van der Waals surface area contributed by atoms with Gasteiger partial charge >= 0.3 is 0 Å². The topological polar surface area (TPSA) is 62.1 Å². The van der Waals surface area contributed by atoms with E-state index in [-0.39, 0.29) is 0 Å². The minimum atomic E-state index is 0.573. The first kappa shape index (κ1) is 16.5. The van der Waals surface area contributed by atoms with Crippen molar-refractivity contribution in [2.24, 2.45) is 0 Å². The van der Waals surface area contributed by atoms with Crippen LogP contribution >= 0.6 is 0 Å². The minimum absolute atomic E-state index is 0.573. The zero-order chi connectivity index (χ0) is 17.9. The number of likely N-dealkylation sites (N-methyl/N-ethyl adjacent to an activating group) is 1. The standard InChI is InChI=1S/C19H23N7/c1-15-12-16(13-18(21-15)25-10-8-24(2)9-11-25)22-19-20-14-26(23-19)17-6-4-3-5-7-17/h3-7,12-14H,8-11H2,1-2H3,(H,21,22,23). The Hall–Kier alpha value is -2.93. The lowest BCUT2D eigenvalue weighted by molar-refractivity contribution is 0.312. The lowest BCUT2D eigenvalue weighted by Crippen LogP contribution is -2.44. The number of anilines is 3. The molecule has 0 saturated carbocycles. The molecule has 3 aromatic rings. The Kier molecular flexibility index (Phi) is 4.53. The first-order chi connectivity index (χ1) is 12.7. The monoisotopic (exact) mass is 349 g/mol. The number of pyridine rings is 1. The van der Waals surface area contributed by atoms with Gasteiger partial charge in [-0.25, -0.2) is 9.67 Å². The van der Waals surface area contributed by atoms with Gasteiger partial charge in [-0.15, -0.1) is 5.10 Å². The number of nitrogens with zero attached hydrogens (tertiary/aromatic N) is 6. The highest BCUT2D eigenvalue weighted by molar-refractivity contribution is 5.60. The van der Waals surface area contributed by atoms with E-state index in [0.717, 1.165) is 49.1 Å². The van der Waals surface area contributed by atoms with Gasteiger partial charge in [0, 0.05) is 43.6 Å². The molecule has 1 aliphatic heterocycles. The van der Waals surface area contributed by atoms with Crippen LogP contribution in [0.5, 0.6) is 0 Å². The van der Waals surface area contributed by atoms with Crippen LogP contribution in [0, 0.1) is 6.92 Å². The molecule has 1 fully saturated rings. The maximum atomic E-state index is 4.70. The zero-order valence-corrected chi connectivity index (χ0v) is 15.1. The van der Waals surface area contributed by atoms with Gasteiger partial charge in [-0.1, -0.05) is 18.2 Å². The molecule has 2 aromatic heterocycles. The molecule has 1 aliphatic rings. The lowest BCUT2D eigenvalue weighted by atomic mass is 10.2. The Labute approximate surface area is 153 Å². The average Bonchev–Trinajstić information content (AvgIpc) is 3.11. The summed E-state index contributed by atoms with van der Waals surface area (Å²) in [5.74, 6) is 1.58. The number of aryl methyl sites for hydroxylation is 1. The molecule has 0 bridgehead atoms. The summed E-state index contributed by atoms with van der Waals surface area (Å²) in [5, 5.41) is 7.81. The third-order valence-corrected chi connectivity index (χ3v) is 4.54. The molecule has 1 N–H and O–H groups in total. The third kappa shape index (κ3) is 3.67. The van der Waals surface area contributed by atoms with Crippen molar-refractivity contribution in [2.75, 3.05) is 43.4 Å². The second-order valence-corrected chi connectivity index (χ2v) is 6.62. The van der Waals surface area contributed by atoms with E-state index in [2.05, 4.69) is 38.3 Å². The smallest absolute Gasteiger partial charge is 0.246 e. The van der Waals surface area contributed by atoms with E-state index in [1.54, 1.807) is 11.0 Å². The van der Waals surface area contributed by atoms with Crippen LogP contribution in [0.2, 0.25) is 0 Å². The van der Waals surface area contributed by atoms with E-state index in [1.165, 1.54) is 0 Å². The highest BCUT2D eigenvalue weighted by atomic mass is 15.4. The molecular weight excluding hydrogens is 326 g/mol. The molecular formula is C19H23N7. The number of aromatic nitrogens is 4. The Balaban J connectivity index is 1.52. The molecule has 0 aliphatic carbocycles. The predicted octanol–water partition coefficient (Wildman–Crippen LogP) is 2.47. The summed E-state index contributed by atoms with van der Waals surface area (Å²) < 4.78 is 1.76. The summed E-state index contributed by atoms with van der Waals surface area (Å²) in [7, 11) is 2.16. The molecule has 1 aromatic carbocycles. The summed E-state index contributed by atoms with van der Waals surface area (Å²) in [5.41, 5.74) is 2.92. The first-order valence-corrected chi connectivity index (χ1v) is 8.84. The van der Waals surface area contributed by atoms with Crippen molar-refractivity contribution in [3.05, 3.63) is 54.5 Å². The predicted molar refractivity (Wildman–Crippen MR) is 103 cm³/mol. The molecule has 4 rings (SSSR count). The molecule has 0 radical (unpaired) electrons. The van der Waals surface area contributed by atoms with Crippen molar-refractivity contribution in [1.29, 1.82) is 0 Å². The van der Waals surface area contributed by atoms with Crippen LogP contribution in [0.15, 0.2) is 48.8 Å². The summed E-state index contributed by atoms with van der Waals surface area (Å²) >= 11 is 0. The van der Waals surface area contributed by atoms with E-state index in [1.807, 2.05) is 43.3 Å². The van der Waals surface area contributed by atoms with Crippen molar-refractivity contribution in [3.8, 4) is 5.69 Å². The summed E-state index contributed by atoms with van der Waals surface area (Å²) in [6.45, 7) is 6.12. The second kappa shape index (κ2) is 7.13. The quantitative estimate of drug-likeness (QED) is 0.781. The van der Waals surface area contributed by atoms with Gasteiger partial charge in [0.1, 0.15) is 12.1 Å².